The summed E-state index contributed by atoms with van der Waals surface area (Å²) in [4.78, 5) is 11.0. The molecule has 0 aliphatic heterocycles. The molecule has 0 heterocycles. The Kier molecular flexibility index (Phi) is 4.93. The third-order valence-corrected chi connectivity index (χ3v) is 2.84. The number of carbonyl (C=O) groups is 1. The van der Waals surface area contributed by atoms with Crippen molar-refractivity contribution in [1.29, 1.82) is 0 Å². The van der Waals surface area contributed by atoms with Crippen molar-refractivity contribution in [1.82, 2.24) is 0 Å². The van der Waals surface area contributed by atoms with Crippen molar-refractivity contribution < 1.29 is 20.1 Å². The van der Waals surface area contributed by atoms with E-state index < -0.39 is 18.2 Å². The first-order valence-electron chi connectivity index (χ1n) is 5.24. The van der Waals surface area contributed by atoms with Crippen LogP contribution in [0.2, 0.25) is 0 Å². The van der Waals surface area contributed by atoms with Gasteiger partial charge in [-0.15, -0.1) is 11.6 Å². The minimum atomic E-state index is -1.24. The van der Waals surface area contributed by atoms with Crippen LogP contribution < -0.4 is 0 Å². The number of carboxylic acids is 1. The Hall–Kier alpha value is -1.10. The summed E-state index contributed by atoms with van der Waals surface area (Å²) in [7, 11) is 0. The predicted octanol–water partition coefficient (Wildman–Crippen LogP) is 1.72. The van der Waals surface area contributed by atoms with Crippen molar-refractivity contribution in [2.24, 2.45) is 0 Å². The van der Waals surface area contributed by atoms with Gasteiger partial charge in [0.2, 0.25) is 0 Å². The van der Waals surface area contributed by atoms with Crippen LogP contribution in [0, 0.1) is 6.92 Å². The molecule has 0 aliphatic rings. The molecule has 17 heavy (non-hydrogen) atoms. The molecule has 1 aromatic rings. The van der Waals surface area contributed by atoms with E-state index in [0.29, 0.717) is 5.56 Å². The average Bonchev–Trinajstić information content (AvgIpc) is 2.28. The summed E-state index contributed by atoms with van der Waals surface area (Å²) >= 11 is 5.48. The van der Waals surface area contributed by atoms with Crippen molar-refractivity contribution in [2.45, 2.75) is 25.6 Å². The highest BCUT2D eigenvalue weighted by Gasteiger charge is 2.24. The Bertz CT molecular complexity index is 405. The topological polar surface area (TPSA) is 77.8 Å². The zero-order valence-electron chi connectivity index (χ0n) is 9.43. The van der Waals surface area contributed by atoms with Gasteiger partial charge in [0.05, 0.1) is 11.7 Å². The van der Waals surface area contributed by atoms with Crippen molar-refractivity contribution in [2.75, 3.05) is 5.88 Å². The molecule has 0 radical (unpaired) electrons. The second kappa shape index (κ2) is 6.00. The van der Waals surface area contributed by atoms with Crippen LogP contribution in [0.25, 0.3) is 0 Å². The van der Waals surface area contributed by atoms with E-state index >= 15 is 0 Å². The summed E-state index contributed by atoms with van der Waals surface area (Å²) < 4.78 is 0. The summed E-state index contributed by atoms with van der Waals surface area (Å²) in [6.45, 7) is 1.69. The van der Waals surface area contributed by atoms with E-state index in [4.69, 9.17) is 16.7 Å². The van der Waals surface area contributed by atoms with Crippen LogP contribution in [0.1, 0.15) is 34.0 Å². The molecule has 3 N–H and O–H groups in total. The number of hydrogen-bond donors (Lipinski definition) is 3. The maximum absolute atomic E-state index is 11.0. The largest absolute Gasteiger partial charge is 0.478 e. The Labute approximate surface area is 104 Å². The summed E-state index contributed by atoms with van der Waals surface area (Å²) in [5, 5.41) is 28.7. The molecule has 0 aliphatic carbocycles. The number of aromatic carboxylic acids is 1. The van der Waals surface area contributed by atoms with Gasteiger partial charge in [0, 0.05) is 11.4 Å². The summed E-state index contributed by atoms with van der Waals surface area (Å²) in [5.74, 6) is -0.923. The monoisotopic (exact) mass is 258 g/mol. The number of aliphatic hydroxyl groups is 2. The summed E-state index contributed by atoms with van der Waals surface area (Å²) in [6.07, 6.45) is -2.09. The molecule has 2 atom stereocenters. The maximum atomic E-state index is 11.0. The van der Waals surface area contributed by atoms with Gasteiger partial charge >= 0.3 is 5.97 Å². The number of carboxylic acid groups (broad SMARTS) is 1. The van der Waals surface area contributed by atoms with Gasteiger partial charge in [0.15, 0.2) is 0 Å². The van der Waals surface area contributed by atoms with Gasteiger partial charge in [-0.25, -0.2) is 4.79 Å². The number of benzene rings is 1. The molecular formula is C12H15ClO4. The number of aryl methyl sites for hydroxylation is 1. The molecule has 1 rings (SSSR count). The fraction of sp³-hybridized carbons (Fsp3) is 0.417. The van der Waals surface area contributed by atoms with Gasteiger partial charge in [-0.2, -0.15) is 0 Å². The van der Waals surface area contributed by atoms with E-state index in [9.17, 15) is 15.0 Å². The molecule has 0 saturated heterocycles. The lowest BCUT2D eigenvalue weighted by Gasteiger charge is -2.20. The van der Waals surface area contributed by atoms with Crippen LogP contribution in [0.3, 0.4) is 0 Å². The lowest BCUT2D eigenvalue weighted by Crippen LogP contribution is -2.22. The first-order chi connectivity index (χ1) is 7.99. The van der Waals surface area contributed by atoms with Crippen LogP contribution in [-0.2, 0) is 0 Å². The molecule has 0 fully saturated rings. The van der Waals surface area contributed by atoms with Crippen LogP contribution in [0.5, 0.6) is 0 Å². The average molecular weight is 259 g/mol. The third kappa shape index (κ3) is 3.19. The molecule has 0 saturated carbocycles. The second-order valence-electron chi connectivity index (χ2n) is 3.83. The second-order valence-corrected chi connectivity index (χ2v) is 4.21. The lowest BCUT2D eigenvalue weighted by molar-refractivity contribution is 0.0156. The Morgan fingerprint density at radius 3 is 2.59 bits per heavy atom. The van der Waals surface area contributed by atoms with Gasteiger partial charge in [0.1, 0.15) is 6.10 Å². The molecule has 0 aromatic heterocycles. The molecule has 0 spiro atoms. The highest BCUT2D eigenvalue weighted by molar-refractivity contribution is 6.17. The molecule has 1 aromatic carbocycles. The van der Waals surface area contributed by atoms with Crippen LogP contribution in [0.4, 0.5) is 0 Å². The van der Waals surface area contributed by atoms with E-state index in [-0.39, 0.29) is 23.4 Å². The first-order valence-corrected chi connectivity index (χ1v) is 5.77. The van der Waals surface area contributed by atoms with E-state index in [1.165, 1.54) is 6.07 Å². The number of hydrogen-bond acceptors (Lipinski definition) is 3. The molecule has 2 unspecified atom stereocenters. The summed E-state index contributed by atoms with van der Waals surface area (Å²) in [5.41, 5.74) is 0.884. The SMILES string of the molecule is Cc1cccc(C(=O)O)c1C(O)C(O)CCCl. The van der Waals surface area contributed by atoms with Crippen molar-refractivity contribution in [3.63, 3.8) is 0 Å². The van der Waals surface area contributed by atoms with Crippen molar-refractivity contribution in [3.05, 3.63) is 34.9 Å². The van der Waals surface area contributed by atoms with Crippen LogP contribution >= 0.6 is 11.6 Å². The zero-order chi connectivity index (χ0) is 13.0. The van der Waals surface area contributed by atoms with E-state index in [1.807, 2.05) is 0 Å². The standard InChI is InChI=1S/C12H15ClO4/c1-7-3-2-4-8(12(16)17)10(7)11(15)9(14)5-6-13/h2-4,9,11,14-15H,5-6H2,1H3,(H,16,17). The molecule has 5 heteroatoms. The van der Waals surface area contributed by atoms with Gasteiger partial charge in [-0.05, 0) is 25.0 Å². The maximum Gasteiger partial charge on any atom is 0.336 e. The minimum absolute atomic E-state index is 0.00567. The Morgan fingerprint density at radius 2 is 2.06 bits per heavy atom. The van der Waals surface area contributed by atoms with Gasteiger partial charge in [-0.3, -0.25) is 0 Å². The number of rotatable bonds is 5. The third-order valence-electron chi connectivity index (χ3n) is 2.62. The summed E-state index contributed by atoms with van der Waals surface area (Å²) in [6, 6.07) is 4.70. The molecule has 94 valence electrons. The fourth-order valence-corrected chi connectivity index (χ4v) is 1.95. The van der Waals surface area contributed by atoms with E-state index in [0.717, 1.165) is 0 Å². The highest BCUT2D eigenvalue weighted by Crippen LogP contribution is 2.26. The smallest absolute Gasteiger partial charge is 0.336 e. The van der Waals surface area contributed by atoms with Gasteiger partial charge in [-0.1, -0.05) is 12.1 Å². The minimum Gasteiger partial charge on any atom is -0.478 e. The fourth-order valence-electron chi connectivity index (χ4n) is 1.72. The van der Waals surface area contributed by atoms with Crippen molar-refractivity contribution >= 4 is 17.6 Å². The van der Waals surface area contributed by atoms with E-state index in [1.54, 1.807) is 19.1 Å². The number of aliphatic hydroxyl groups excluding tert-OH is 2. The van der Waals surface area contributed by atoms with E-state index in [2.05, 4.69) is 0 Å². The zero-order valence-corrected chi connectivity index (χ0v) is 10.2. The number of halogens is 1. The highest BCUT2D eigenvalue weighted by atomic mass is 35.5. The molecule has 0 bridgehead atoms. The molecular weight excluding hydrogens is 244 g/mol. The van der Waals surface area contributed by atoms with Crippen LogP contribution in [-0.4, -0.2) is 33.3 Å². The molecule has 4 nitrogen and oxygen atoms in total. The molecule has 0 amide bonds. The number of alkyl halides is 1. The Balaban J connectivity index is 3.15. The predicted molar refractivity (Wildman–Crippen MR) is 64.4 cm³/mol. The lowest BCUT2D eigenvalue weighted by atomic mass is 9.93. The quantitative estimate of drug-likeness (QED) is 0.703. The van der Waals surface area contributed by atoms with Crippen LogP contribution in [0.15, 0.2) is 18.2 Å². The Morgan fingerprint density at radius 1 is 1.41 bits per heavy atom. The van der Waals surface area contributed by atoms with Gasteiger partial charge < -0.3 is 15.3 Å². The normalized spacial score (nSPS) is 14.4. The van der Waals surface area contributed by atoms with Crippen molar-refractivity contribution in [3.8, 4) is 0 Å². The van der Waals surface area contributed by atoms with Gasteiger partial charge in [0.25, 0.3) is 0 Å². The first kappa shape index (κ1) is 14.0.